The number of carbonyl (C=O) groups is 3. The van der Waals surface area contributed by atoms with E-state index in [2.05, 4.69) is 5.32 Å². The van der Waals surface area contributed by atoms with E-state index in [1.54, 1.807) is 29.2 Å². The zero-order valence-corrected chi connectivity index (χ0v) is 14.4. The zero-order valence-electron chi connectivity index (χ0n) is 14.4. The summed E-state index contributed by atoms with van der Waals surface area (Å²) in [6.07, 6.45) is 1.92. The number of rotatable bonds is 6. The van der Waals surface area contributed by atoms with Gasteiger partial charge in [-0.05, 0) is 41.8 Å². The summed E-state index contributed by atoms with van der Waals surface area (Å²) < 4.78 is 0. The predicted molar refractivity (Wildman–Crippen MR) is 99.7 cm³/mol. The number of hydrogen-bond donors (Lipinski definition) is 2. The number of nitrogens with zero attached hydrogens (tertiary/aromatic N) is 1. The van der Waals surface area contributed by atoms with E-state index in [1.807, 2.05) is 24.3 Å². The van der Waals surface area contributed by atoms with E-state index in [1.165, 1.54) is 0 Å². The van der Waals surface area contributed by atoms with Crippen molar-refractivity contribution in [3.05, 3.63) is 59.7 Å². The highest BCUT2D eigenvalue weighted by atomic mass is 16.2. The highest BCUT2D eigenvalue weighted by Gasteiger charge is 2.21. The third-order valence-electron chi connectivity index (χ3n) is 4.30. The van der Waals surface area contributed by atoms with E-state index in [-0.39, 0.29) is 30.6 Å². The second kappa shape index (κ2) is 7.82. The first-order valence-corrected chi connectivity index (χ1v) is 8.57. The Labute approximate surface area is 152 Å². The first-order valence-electron chi connectivity index (χ1n) is 8.57. The molecule has 1 heterocycles. The van der Waals surface area contributed by atoms with E-state index < -0.39 is 0 Å². The van der Waals surface area contributed by atoms with Crippen LogP contribution >= 0.6 is 0 Å². The van der Waals surface area contributed by atoms with Crippen LogP contribution in [0.25, 0.3) is 0 Å². The van der Waals surface area contributed by atoms with Gasteiger partial charge in [-0.3, -0.25) is 14.4 Å². The first-order chi connectivity index (χ1) is 12.5. The molecule has 3 amide bonds. The maximum Gasteiger partial charge on any atom is 0.228 e. The van der Waals surface area contributed by atoms with Crippen LogP contribution in [0.5, 0.6) is 0 Å². The molecule has 3 rings (SSSR count). The van der Waals surface area contributed by atoms with E-state index >= 15 is 0 Å². The topological polar surface area (TPSA) is 92.5 Å². The van der Waals surface area contributed by atoms with Gasteiger partial charge in [0.15, 0.2) is 0 Å². The second-order valence-electron chi connectivity index (χ2n) is 6.38. The zero-order chi connectivity index (χ0) is 18.5. The quantitative estimate of drug-likeness (QED) is 0.834. The molecule has 6 nitrogen and oxygen atoms in total. The number of nitrogens with one attached hydrogen (secondary N) is 1. The Morgan fingerprint density at radius 3 is 2.15 bits per heavy atom. The number of hydrogen-bond acceptors (Lipinski definition) is 3. The molecular formula is C20H21N3O3. The van der Waals surface area contributed by atoms with Gasteiger partial charge in [-0.1, -0.05) is 24.3 Å². The summed E-state index contributed by atoms with van der Waals surface area (Å²) >= 11 is 0. The molecule has 134 valence electrons. The highest BCUT2D eigenvalue weighted by molar-refractivity contribution is 5.95. The maximum absolute atomic E-state index is 12.2. The van der Waals surface area contributed by atoms with Crippen molar-refractivity contribution >= 4 is 29.1 Å². The van der Waals surface area contributed by atoms with Gasteiger partial charge < -0.3 is 16.0 Å². The maximum atomic E-state index is 12.2. The summed E-state index contributed by atoms with van der Waals surface area (Å²) in [7, 11) is 0. The summed E-state index contributed by atoms with van der Waals surface area (Å²) in [6.45, 7) is 0.754. The molecular weight excluding hydrogens is 330 g/mol. The smallest absolute Gasteiger partial charge is 0.228 e. The van der Waals surface area contributed by atoms with Crippen LogP contribution < -0.4 is 16.0 Å². The van der Waals surface area contributed by atoms with Crippen molar-refractivity contribution in [1.82, 2.24) is 0 Å². The van der Waals surface area contributed by atoms with Crippen molar-refractivity contribution in [2.45, 2.75) is 25.7 Å². The summed E-state index contributed by atoms with van der Waals surface area (Å²) in [5.74, 6) is -0.367. The average Bonchev–Trinajstić information content (AvgIpc) is 3.03. The molecule has 1 aliphatic heterocycles. The minimum absolute atomic E-state index is 0.127. The molecule has 3 N–H and O–H groups in total. The van der Waals surface area contributed by atoms with Crippen molar-refractivity contribution in [3.8, 4) is 0 Å². The van der Waals surface area contributed by atoms with Crippen molar-refractivity contribution in [1.29, 1.82) is 0 Å². The lowest BCUT2D eigenvalue weighted by Gasteiger charge is -2.15. The van der Waals surface area contributed by atoms with Crippen LogP contribution in [0.4, 0.5) is 11.4 Å². The van der Waals surface area contributed by atoms with Gasteiger partial charge in [-0.25, -0.2) is 0 Å². The molecule has 6 heteroatoms. The SMILES string of the molecule is NC(=O)Cc1ccc(NC(=O)Cc2ccc(N3CCCC3=O)cc2)cc1. The van der Waals surface area contributed by atoms with E-state index in [0.29, 0.717) is 12.1 Å². The normalized spacial score (nSPS) is 13.7. The molecule has 0 bridgehead atoms. The predicted octanol–water partition coefficient (Wildman–Crippen LogP) is 2.02. The van der Waals surface area contributed by atoms with Crippen LogP contribution in [0, 0.1) is 0 Å². The fraction of sp³-hybridized carbons (Fsp3) is 0.250. The van der Waals surface area contributed by atoms with Gasteiger partial charge in [-0.15, -0.1) is 0 Å². The van der Waals surface area contributed by atoms with Crippen LogP contribution in [-0.2, 0) is 27.2 Å². The molecule has 0 aliphatic carbocycles. The highest BCUT2D eigenvalue weighted by Crippen LogP contribution is 2.22. The van der Waals surface area contributed by atoms with E-state index in [0.717, 1.165) is 29.8 Å². The number of benzene rings is 2. The van der Waals surface area contributed by atoms with Crippen molar-refractivity contribution in [2.75, 3.05) is 16.8 Å². The fourth-order valence-corrected chi connectivity index (χ4v) is 3.01. The molecule has 0 saturated carbocycles. The molecule has 2 aromatic rings. The molecule has 1 fully saturated rings. The summed E-state index contributed by atoms with van der Waals surface area (Å²) in [5, 5.41) is 2.83. The van der Waals surface area contributed by atoms with Crippen molar-refractivity contribution in [2.24, 2.45) is 5.73 Å². The molecule has 0 unspecified atom stereocenters. The van der Waals surface area contributed by atoms with Crippen LogP contribution in [0.3, 0.4) is 0 Å². The lowest BCUT2D eigenvalue weighted by molar-refractivity contribution is -0.118. The Kier molecular flexibility index (Phi) is 5.31. The molecule has 0 radical (unpaired) electrons. The molecule has 1 aliphatic rings. The van der Waals surface area contributed by atoms with Gasteiger partial charge in [0.1, 0.15) is 0 Å². The van der Waals surface area contributed by atoms with Gasteiger partial charge in [0, 0.05) is 24.3 Å². The Morgan fingerprint density at radius 2 is 1.58 bits per heavy atom. The second-order valence-corrected chi connectivity index (χ2v) is 6.38. The average molecular weight is 351 g/mol. The summed E-state index contributed by atoms with van der Waals surface area (Å²) in [5.41, 5.74) is 8.39. The molecule has 0 aromatic heterocycles. The van der Waals surface area contributed by atoms with E-state index in [4.69, 9.17) is 5.73 Å². The van der Waals surface area contributed by atoms with Crippen LogP contribution in [0.2, 0.25) is 0 Å². The summed E-state index contributed by atoms with van der Waals surface area (Å²) in [4.78, 5) is 36.6. The monoisotopic (exact) mass is 351 g/mol. The van der Waals surface area contributed by atoms with Gasteiger partial charge in [0.25, 0.3) is 0 Å². The molecule has 0 spiro atoms. The van der Waals surface area contributed by atoms with E-state index in [9.17, 15) is 14.4 Å². The Morgan fingerprint density at radius 1 is 0.962 bits per heavy atom. The Hall–Kier alpha value is -3.15. The largest absolute Gasteiger partial charge is 0.369 e. The van der Waals surface area contributed by atoms with Crippen LogP contribution in [0.15, 0.2) is 48.5 Å². The van der Waals surface area contributed by atoms with Crippen molar-refractivity contribution in [3.63, 3.8) is 0 Å². The number of amides is 3. The van der Waals surface area contributed by atoms with Gasteiger partial charge in [-0.2, -0.15) is 0 Å². The summed E-state index contributed by atoms with van der Waals surface area (Å²) in [6, 6.07) is 14.5. The number of carbonyl (C=O) groups excluding carboxylic acids is 3. The third-order valence-corrected chi connectivity index (χ3v) is 4.30. The lowest BCUT2D eigenvalue weighted by Crippen LogP contribution is -2.23. The fourth-order valence-electron chi connectivity index (χ4n) is 3.01. The van der Waals surface area contributed by atoms with Gasteiger partial charge >= 0.3 is 0 Å². The number of nitrogens with two attached hydrogens (primary N) is 1. The number of anilines is 2. The minimum atomic E-state index is -0.388. The van der Waals surface area contributed by atoms with Crippen LogP contribution in [-0.4, -0.2) is 24.3 Å². The third kappa shape index (κ3) is 4.47. The minimum Gasteiger partial charge on any atom is -0.369 e. The molecule has 1 saturated heterocycles. The Balaban J connectivity index is 1.56. The molecule has 0 atom stereocenters. The molecule has 2 aromatic carbocycles. The standard InChI is InChI=1S/C20H21N3O3/c21-18(24)12-14-3-7-16(8-4-14)22-19(25)13-15-5-9-17(10-6-15)23-11-1-2-20(23)26/h3-10H,1-2,11-13H2,(H2,21,24)(H,22,25). The first kappa shape index (κ1) is 17.7. The Bertz CT molecular complexity index is 813. The van der Waals surface area contributed by atoms with Crippen molar-refractivity contribution < 1.29 is 14.4 Å². The number of primary amides is 1. The lowest BCUT2D eigenvalue weighted by atomic mass is 10.1. The van der Waals surface area contributed by atoms with Crippen LogP contribution in [0.1, 0.15) is 24.0 Å². The molecule has 26 heavy (non-hydrogen) atoms. The van der Waals surface area contributed by atoms with Gasteiger partial charge in [0.05, 0.1) is 12.8 Å². The van der Waals surface area contributed by atoms with Gasteiger partial charge in [0.2, 0.25) is 17.7 Å².